The third kappa shape index (κ3) is 3.71. The molecule has 0 bridgehead atoms. The van der Waals surface area contributed by atoms with Crippen LogP contribution >= 0.6 is 0 Å². The molecule has 186 valence electrons. The fourth-order valence-corrected chi connectivity index (χ4v) is 5.52. The van der Waals surface area contributed by atoms with E-state index in [4.69, 9.17) is 15.0 Å². The average molecular weight is 680 g/mol. The number of aromatic nitrogens is 4. The molecule has 0 saturated carbocycles. The smallest absolute Gasteiger partial charge is 0.656 e. The molecule has 4 aromatic heterocycles. The van der Waals surface area contributed by atoms with Gasteiger partial charge in [-0.15, -0.1) is 40.9 Å². The predicted molar refractivity (Wildman–Crippen MR) is 154 cm³/mol. The van der Waals surface area contributed by atoms with E-state index in [1.54, 1.807) is 0 Å². The van der Waals surface area contributed by atoms with Crippen LogP contribution in [0.5, 0.6) is 0 Å². The summed E-state index contributed by atoms with van der Waals surface area (Å²) in [5.41, 5.74) is 8.67. The number of benzene rings is 4. The van der Waals surface area contributed by atoms with Gasteiger partial charge in [0.05, 0.1) is 11.2 Å². The monoisotopic (exact) mass is 679 g/mol. The summed E-state index contributed by atoms with van der Waals surface area (Å²) in [6, 6.07) is 43.1. The summed E-state index contributed by atoms with van der Waals surface area (Å²) in [7, 11) is 0. The average Bonchev–Trinajstić information content (AvgIpc) is 3.53. The molecule has 0 amide bonds. The fourth-order valence-electron chi connectivity index (χ4n) is 5.52. The van der Waals surface area contributed by atoms with Crippen LogP contribution in [0.4, 0.5) is 0 Å². The molecule has 4 heterocycles. The summed E-state index contributed by atoms with van der Waals surface area (Å²) in [6.07, 6.45) is 1.84. The maximum Gasteiger partial charge on any atom is 2.00 e. The molecule has 0 saturated heterocycles. The minimum Gasteiger partial charge on any atom is -0.656 e. The Balaban J connectivity index is 0.00000253. The zero-order chi connectivity index (χ0) is 25.1. The standard InChI is InChI=1S/C34H20N4.Pt/c1-3-16-30-24(11-1)26-13-6-14-28(33(26)37-30)31-18-7-17-29(36-31)22-9-5-10-23(21-22)38-32-19-4-2-12-25(32)27-15-8-20-35-34(27)38;/h1-20H;/q-2;+2. The topological polar surface area (TPSA) is 44.8 Å². The van der Waals surface area contributed by atoms with Gasteiger partial charge in [0.1, 0.15) is 5.65 Å². The summed E-state index contributed by atoms with van der Waals surface area (Å²) in [6.45, 7) is 0. The van der Waals surface area contributed by atoms with Crippen molar-refractivity contribution in [1.29, 1.82) is 0 Å². The summed E-state index contributed by atoms with van der Waals surface area (Å²) >= 11 is 0. The zero-order valence-electron chi connectivity index (χ0n) is 20.7. The summed E-state index contributed by atoms with van der Waals surface area (Å²) < 4.78 is 2.18. The van der Waals surface area contributed by atoms with Crippen LogP contribution in [0.25, 0.3) is 71.9 Å². The molecule has 0 radical (unpaired) electrons. The summed E-state index contributed by atoms with van der Waals surface area (Å²) in [5, 5.41) is 4.63. The van der Waals surface area contributed by atoms with Crippen LogP contribution in [0.2, 0.25) is 0 Å². The first kappa shape index (κ1) is 23.6. The first-order chi connectivity index (χ1) is 18.8. The second kappa shape index (κ2) is 9.34. The van der Waals surface area contributed by atoms with Gasteiger partial charge in [-0.1, -0.05) is 72.8 Å². The Morgan fingerprint density at radius 3 is 2.31 bits per heavy atom. The second-order valence-corrected chi connectivity index (χ2v) is 9.42. The van der Waals surface area contributed by atoms with Crippen molar-refractivity contribution >= 4 is 43.7 Å². The second-order valence-electron chi connectivity index (χ2n) is 9.42. The molecule has 0 aliphatic carbocycles. The normalized spacial score (nSPS) is 11.4. The quantitative estimate of drug-likeness (QED) is 0.178. The van der Waals surface area contributed by atoms with Gasteiger partial charge in [-0.25, -0.2) is 4.98 Å². The van der Waals surface area contributed by atoms with E-state index in [0.717, 1.165) is 61.2 Å². The third-order valence-electron chi connectivity index (χ3n) is 7.22. The van der Waals surface area contributed by atoms with Crippen molar-refractivity contribution in [1.82, 2.24) is 19.5 Å². The first-order valence-electron chi connectivity index (χ1n) is 12.6. The van der Waals surface area contributed by atoms with Crippen LogP contribution in [0.15, 0.2) is 121 Å². The van der Waals surface area contributed by atoms with Crippen LogP contribution < -0.4 is 4.98 Å². The van der Waals surface area contributed by atoms with Crippen LogP contribution in [0.3, 0.4) is 0 Å². The molecule has 0 aliphatic heterocycles. The molecule has 8 aromatic rings. The Kier molecular flexibility index (Phi) is 5.64. The SMILES string of the molecule is [Pt+2].[c-]1c(-c2cccc(-c3cccc4c3[n-]c3ccccc34)n2)cccc1-n1c2ccccc2c2cccnc21. The molecule has 39 heavy (non-hydrogen) atoms. The Morgan fingerprint density at radius 2 is 1.36 bits per heavy atom. The molecule has 0 unspecified atom stereocenters. The van der Waals surface area contributed by atoms with Crippen molar-refractivity contribution in [3.05, 3.63) is 128 Å². The number of fused-ring (bicyclic) bond motifs is 6. The Labute approximate surface area is 239 Å². The van der Waals surface area contributed by atoms with Gasteiger partial charge in [-0.2, -0.15) is 0 Å². The molecule has 4 nitrogen and oxygen atoms in total. The Bertz CT molecular complexity index is 2100. The number of pyridine rings is 2. The van der Waals surface area contributed by atoms with E-state index < -0.39 is 0 Å². The number of hydrogen-bond donors (Lipinski definition) is 0. The summed E-state index contributed by atoms with van der Waals surface area (Å²) in [5.74, 6) is 0. The molecule has 0 atom stereocenters. The molecule has 4 aromatic carbocycles. The van der Waals surface area contributed by atoms with Crippen molar-refractivity contribution in [3.63, 3.8) is 0 Å². The Hall–Kier alpha value is -4.53. The van der Waals surface area contributed by atoms with Gasteiger partial charge >= 0.3 is 21.1 Å². The van der Waals surface area contributed by atoms with E-state index >= 15 is 0 Å². The molecule has 0 aliphatic rings. The maximum atomic E-state index is 5.08. The molecule has 0 N–H and O–H groups in total. The van der Waals surface area contributed by atoms with Gasteiger partial charge in [-0.05, 0) is 52.0 Å². The summed E-state index contributed by atoms with van der Waals surface area (Å²) in [4.78, 5) is 14.7. The van der Waals surface area contributed by atoms with Gasteiger partial charge in [0, 0.05) is 17.0 Å². The van der Waals surface area contributed by atoms with E-state index in [1.165, 1.54) is 10.8 Å². The molecule has 5 heteroatoms. The van der Waals surface area contributed by atoms with Gasteiger partial charge in [0.2, 0.25) is 0 Å². The van der Waals surface area contributed by atoms with E-state index in [9.17, 15) is 0 Å². The van der Waals surface area contributed by atoms with Gasteiger partial charge in [-0.3, -0.25) is 4.98 Å². The number of nitrogens with zero attached hydrogens (tertiary/aromatic N) is 4. The Morgan fingerprint density at radius 1 is 0.615 bits per heavy atom. The van der Waals surface area contributed by atoms with E-state index in [0.29, 0.717) is 0 Å². The molecule has 8 rings (SSSR count). The van der Waals surface area contributed by atoms with Crippen molar-refractivity contribution < 1.29 is 21.1 Å². The number of rotatable bonds is 3. The predicted octanol–water partition coefficient (Wildman–Crippen LogP) is 7.97. The van der Waals surface area contributed by atoms with Crippen LogP contribution in [-0.4, -0.2) is 14.5 Å². The van der Waals surface area contributed by atoms with Gasteiger partial charge < -0.3 is 9.55 Å². The van der Waals surface area contributed by atoms with Gasteiger partial charge in [0.15, 0.2) is 0 Å². The van der Waals surface area contributed by atoms with Gasteiger partial charge in [0.25, 0.3) is 0 Å². The van der Waals surface area contributed by atoms with E-state index in [-0.39, 0.29) is 21.1 Å². The number of hydrogen-bond acceptors (Lipinski definition) is 2. The molecule has 0 fully saturated rings. The van der Waals surface area contributed by atoms with E-state index in [1.807, 2.05) is 24.4 Å². The number of para-hydroxylation sites is 3. The minimum atomic E-state index is 0. The van der Waals surface area contributed by atoms with Crippen molar-refractivity contribution in [2.45, 2.75) is 0 Å². The third-order valence-corrected chi connectivity index (χ3v) is 7.22. The maximum absolute atomic E-state index is 5.08. The molecular formula is C34H20N4Pt. The largest absolute Gasteiger partial charge is 2.00 e. The van der Waals surface area contributed by atoms with Crippen molar-refractivity contribution in [3.8, 4) is 28.2 Å². The van der Waals surface area contributed by atoms with Crippen LogP contribution in [0, 0.1) is 6.07 Å². The fraction of sp³-hybridized carbons (Fsp3) is 0. The van der Waals surface area contributed by atoms with Crippen LogP contribution in [0.1, 0.15) is 0 Å². The minimum absolute atomic E-state index is 0. The molecule has 0 spiro atoms. The van der Waals surface area contributed by atoms with Crippen molar-refractivity contribution in [2.75, 3.05) is 0 Å². The molecular weight excluding hydrogens is 659 g/mol. The van der Waals surface area contributed by atoms with E-state index in [2.05, 4.69) is 108 Å². The zero-order valence-corrected chi connectivity index (χ0v) is 22.9. The first-order valence-corrected chi connectivity index (χ1v) is 12.6. The van der Waals surface area contributed by atoms with Crippen molar-refractivity contribution in [2.24, 2.45) is 0 Å². The van der Waals surface area contributed by atoms with Crippen LogP contribution in [-0.2, 0) is 21.1 Å².